The van der Waals surface area contributed by atoms with Gasteiger partial charge in [-0.05, 0) is 69.3 Å². The molecule has 0 bridgehead atoms. The van der Waals surface area contributed by atoms with Gasteiger partial charge in [-0.3, -0.25) is 0 Å². The fraction of sp³-hybridized carbons (Fsp3) is 0.600. The first-order chi connectivity index (χ1) is 9.66. The molecular weight excluding hydrogens is 450 g/mol. The van der Waals surface area contributed by atoms with Crippen molar-refractivity contribution in [3.05, 3.63) is 25.6 Å². The van der Waals surface area contributed by atoms with Crippen molar-refractivity contribution in [2.24, 2.45) is 5.92 Å². The van der Waals surface area contributed by atoms with Crippen LogP contribution in [-0.2, 0) is 0 Å². The molecule has 0 unspecified atom stereocenters. The van der Waals surface area contributed by atoms with Crippen LogP contribution >= 0.6 is 47.8 Å². The molecule has 1 fully saturated rings. The summed E-state index contributed by atoms with van der Waals surface area (Å²) in [6.07, 6.45) is 7.00. The number of rotatable bonds is 6. The van der Waals surface area contributed by atoms with Gasteiger partial charge in [0.25, 0.3) is 0 Å². The van der Waals surface area contributed by atoms with Crippen LogP contribution in [0.1, 0.15) is 32.1 Å². The predicted octanol–water partition coefficient (Wildman–Crippen LogP) is 5.52. The lowest BCUT2D eigenvalue weighted by molar-refractivity contribution is 0.292. The van der Waals surface area contributed by atoms with Crippen LogP contribution in [0.4, 0.5) is 0 Å². The summed E-state index contributed by atoms with van der Waals surface area (Å²) < 4.78 is 8.79. The molecule has 0 aromatic heterocycles. The highest BCUT2D eigenvalue weighted by atomic mass is 79.9. The first kappa shape index (κ1) is 16.8. The summed E-state index contributed by atoms with van der Waals surface area (Å²) in [6.45, 7) is 2.71. The van der Waals surface area contributed by atoms with Gasteiger partial charge in [-0.1, -0.05) is 35.2 Å². The molecule has 1 aromatic carbocycles. The van der Waals surface area contributed by atoms with Crippen LogP contribution in [0.15, 0.2) is 25.6 Å². The summed E-state index contributed by atoms with van der Waals surface area (Å²) in [5.74, 6) is 1.74. The van der Waals surface area contributed by atoms with Gasteiger partial charge in [0, 0.05) is 11.0 Å². The van der Waals surface area contributed by atoms with E-state index in [0.29, 0.717) is 6.61 Å². The van der Waals surface area contributed by atoms with Gasteiger partial charge in [-0.15, -0.1) is 0 Å². The Kier molecular flexibility index (Phi) is 7.35. The lowest BCUT2D eigenvalue weighted by atomic mass is 9.89. The van der Waals surface area contributed by atoms with Crippen molar-refractivity contribution in [3.8, 4) is 5.75 Å². The number of hydrogen-bond acceptors (Lipinski definition) is 2. The second-order valence-electron chi connectivity index (χ2n) is 5.26. The molecule has 0 amide bonds. The van der Waals surface area contributed by atoms with E-state index in [1.54, 1.807) is 0 Å². The predicted molar refractivity (Wildman–Crippen MR) is 94.5 cm³/mol. The fourth-order valence-electron chi connectivity index (χ4n) is 2.59. The highest BCUT2D eigenvalue weighted by molar-refractivity contribution is 9.11. The molecule has 20 heavy (non-hydrogen) atoms. The van der Waals surface area contributed by atoms with Crippen molar-refractivity contribution < 1.29 is 4.74 Å². The smallest absolute Gasteiger partial charge is 0.147 e. The number of benzene rings is 1. The van der Waals surface area contributed by atoms with Gasteiger partial charge in [0.2, 0.25) is 0 Å². The van der Waals surface area contributed by atoms with E-state index in [4.69, 9.17) is 4.74 Å². The van der Waals surface area contributed by atoms with Gasteiger partial charge in [-0.25, -0.2) is 0 Å². The Balaban J connectivity index is 1.68. The van der Waals surface area contributed by atoms with E-state index in [1.165, 1.54) is 32.1 Å². The molecule has 2 nitrogen and oxygen atoms in total. The van der Waals surface area contributed by atoms with Crippen LogP contribution in [0.25, 0.3) is 0 Å². The SMILES string of the molecule is Brc1cc(Br)c(OCCNCC2CCCCC2)c(Br)c1. The summed E-state index contributed by atoms with van der Waals surface area (Å²) >= 11 is 10.5. The maximum absolute atomic E-state index is 5.83. The second kappa shape index (κ2) is 8.76. The summed E-state index contributed by atoms with van der Waals surface area (Å²) in [6, 6.07) is 3.99. The van der Waals surface area contributed by atoms with Crippen LogP contribution in [-0.4, -0.2) is 19.7 Å². The molecule has 5 heteroatoms. The van der Waals surface area contributed by atoms with E-state index in [2.05, 4.69) is 53.1 Å². The van der Waals surface area contributed by atoms with Crippen LogP contribution < -0.4 is 10.1 Å². The Labute approximate surface area is 146 Å². The third-order valence-electron chi connectivity index (χ3n) is 3.65. The molecule has 0 saturated heterocycles. The van der Waals surface area contributed by atoms with E-state index in [1.807, 2.05) is 12.1 Å². The topological polar surface area (TPSA) is 21.3 Å². The zero-order valence-corrected chi connectivity index (χ0v) is 16.2. The molecule has 0 aliphatic heterocycles. The summed E-state index contributed by atoms with van der Waals surface area (Å²) in [7, 11) is 0. The average Bonchev–Trinajstić information content (AvgIpc) is 2.42. The molecule has 2 rings (SSSR count). The van der Waals surface area contributed by atoms with Crippen LogP contribution in [0.2, 0.25) is 0 Å². The Morgan fingerprint density at radius 2 is 1.70 bits per heavy atom. The Bertz CT molecular complexity index is 410. The second-order valence-corrected chi connectivity index (χ2v) is 7.88. The van der Waals surface area contributed by atoms with Crippen molar-refractivity contribution in [3.63, 3.8) is 0 Å². The summed E-state index contributed by atoms with van der Waals surface area (Å²) in [5.41, 5.74) is 0. The molecule has 112 valence electrons. The van der Waals surface area contributed by atoms with E-state index in [9.17, 15) is 0 Å². The zero-order valence-electron chi connectivity index (χ0n) is 11.4. The van der Waals surface area contributed by atoms with Gasteiger partial charge < -0.3 is 10.1 Å². The minimum Gasteiger partial charge on any atom is -0.490 e. The lowest BCUT2D eigenvalue weighted by Crippen LogP contribution is -2.28. The molecule has 0 heterocycles. The molecule has 0 radical (unpaired) electrons. The minimum absolute atomic E-state index is 0.686. The van der Waals surface area contributed by atoms with E-state index in [0.717, 1.165) is 38.2 Å². The summed E-state index contributed by atoms with van der Waals surface area (Å²) in [4.78, 5) is 0. The monoisotopic (exact) mass is 467 g/mol. The molecule has 1 aromatic rings. The molecule has 0 atom stereocenters. The van der Waals surface area contributed by atoms with Crippen molar-refractivity contribution in [1.82, 2.24) is 5.32 Å². The van der Waals surface area contributed by atoms with Crippen molar-refractivity contribution in [1.29, 1.82) is 0 Å². The quantitative estimate of drug-likeness (QED) is 0.553. The number of halogens is 3. The van der Waals surface area contributed by atoms with Crippen LogP contribution in [0.3, 0.4) is 0 Å². The maximum Gasteiger partial charge on any atom is 0.147 e. The first-order valence-corrected chi connectivity index (χ1v) is 9.53. The minimum atomic E-state index is 0.686. The van der Waals surface area contributed by atoms with Crippen molar-refractivity contribution in [2.45, 2.75) is 32.1 Å². The van der Waals surface area contributed by atoms with Crippen LogP contribution in [0.5, 0.6) is 5.75 Å². The van der Waals surface area contributed by atoms with Gasteiger partial charge >= 0.3 is 0 Å². The number of hydrogen-bond donors (Lipinski definition) is 1. The van der Waals surface area contributed by atoms with Crippen molar-refractivity contribution >= 4 is 47.8 Å². The van der Waals surface area contributed by atoms with Gasteiger partial charge in [0.1, 0.15) is 12.4 Å². The third kappa shape index (κ3) is 5.32. The van der Waals surface area contributed by atoms with E-state index >= 15 is 0 Å². The Morgan fingerprint density at radius 1 is 1.05 bits per heavy atom. The fourth-order valence-corrected chi connectivity index (χ4v) is 5.08. The van der Waals surface area contributed by atoms with Crippen molar-refractivity contribution in [2.75, 3.05) is 19.7 Å². The molecule has 1 saturated carbocycles. The Morgan fingerprint density at radius 3 is 2.35 bits per heavy atom. The standard InChI is InChI=1S/C15H20Br3NO/c16-12-8-13(17)15(14(18)9-12)20-7-6-19-10-11-4-2-1-3-5-11/h8-9,11,19H,1-7,10H2. The maximum atomic E-state index is 5.83. The van der Waals surface area contributed by atoms with Gasteiger partial charge in [-0.2, -0.15) is 0 Å². The normalized spacial score (nSPS) is 16.4. The summed E-state index contributed by atoms with van der Waals surface area (Å²) in [5, 5.41) is 3.51. The van der Waals surface area contributed by atoms with Crippen LogP contribution in [0, 0.1) is 5.92 Å². The molecule has 1 N–H and O–H groups in total. The number of nitrogens with one attached hydrogen (secondary N) is 1. The molecule has 1 aliphatic carbocycles. The lowest BCUT2D eigenvalue weighted by Gasteiger charge is -2.21. The molecule has 1 aliphatic rings. The largest absolute Gasteiger partial charge is 0.490 e. The van der Waals surface area contributed by atoms with E-state index < -0.39 is 0 Å². The molecule has 0 spiro atoms. The first-order valence-electron chi connectivity index (χ1n) is 7.15. The molecular formula is C15H20Br3NO. The zero-order chi connectivity index (χ0) is 14.4. The van der Waals surface area contributed by atoms with Gasteiger partial charge in [0.15, 0.2) is 0 Å². The average molecular weight is 470 g/mol. The van der Waals surface area contributed by atoms with Gasteiger partial charge in [0.05, 0.1) is 8.95 Å². The third-order valence-corrected chi connectivity index (χ3v) is 5.28. The highest BCUT2D eigenvalue weighted by Gasteiger charge is 2.12. The highest BCUT2D eigenvalue weighted by Crippen LogP contribution is 2.36. The number of ether oxygens (including phenoxy) is 1. The Hall–Kier alpha value is 0.420. The van der Waals surface area contributed by atoms with E-state index in [-0.39, 0.29) is 0 Å².